The number of benzene rings is 2. The summed E-state index contributed by atoms with van der Waals surface area (Å²) in [5, 5.41) is 2.39. The Hall–Kier alpha value is -1.83. The molecular formula is C24H22IN. The van der Waals surface area contributed by atoms with Crippen LogP contribution in [0, 0.1) is 12.1 Å². The molecule has 0 unspecified atom stereocenters. The summed E-state index contributed by atoms with van der Waals surface area (Å²) in [6.45, 7) is 4.48. The highest BCUT2D eigenvalue weighted by atomic mass is 127. The Kier molecular flexibility index (Phi) is 5.28. The van der Waals surface area contributed by atoms with Gasteiger partial charge < -0.3 is 0 Å². The van der Waals surface area contributed by atoms with Crippen molar-refractivity contribution >= 4 is 39.2 Å². The Morgan fingerprint density at radius 1 is 1.08 bits per heavy atom. The molecule has 0 amide bonds. The second-order valence-corrected chi connectivity index (χ2v) is 8.45. The first kappa shape index (κ1) is 17.6. The number of hydrogen-bond donors (Lipinski definition) is 0. The fourth-order valence-corrected chi connectivity index (χ4v) is 4.04. The zero-order valence-electron chi connectivity index (χ0n) is 15.0. The minimum atomic E-state index is 0.472. The molecule has 0 spiro atoms. The van der Waals surface area contributed by atoms with E-state index in [1.54, 1.807) is 0 Å². The molecule has 0 saturated carbocycles. The second kappa shape index (κ2) is 7.82. The maximum Gasteiger partial charge on any atom is 0.0321 e. The predicted octanol–water partition coefficient (Wildman–Crippen LogP) is 6.23. The molecule has 0 saturated heterocycles. The van der Waals surface area contributed by atoms with Crippen LogP contribution < -0.4 is 0 Å². The lowest BCUT2D eigenvalue weighted by Gasteiger charge is -2.20. The van der Waals surface area contributed by atoms with Gasteiger partial charge in [0.1, 0.15) is 0 Å². The first-order chi connectivity index (χ1) is 12.7. The smallest absolute Gasteiger partial charge is 0.0321 e. The van der Waals surface area contributed by atoms with E-state index in [1.165, 1.54) is 27.6 Å². The van der Waals surface area contributed by atoms with Crippen molar-refractivity contribution in [1.82, 2.24) is 3.11 Å². The van der Waals surface area contributed by atoms with Gasteiger partial charge in [-0.25, -0.2) is 3.11 Å². The highest BCUT2D eigenvalue weighted by Crippen LogP contribution is 2.27. The van der Waals surface area contributed by atoms with Crippen LogP contribution in [0.3, 0.4) is 0 Å². The van der Waals surface area contributed by atoms with Crippen LogP contribution in [-0.4, -0.2) is 16.2 Å². The summed E-state index contributed by atoms with van der Waals surface area (Å²) in [5.74, 6) is 0.472. The minimum absolute atomic E-state index is 0.472. The third kappa shape index (κ3) is 3.95. The normalized spacial score (nSPS) is 16.2. The lowest BCUT2D eigenvalue weighted by atomic mass is 9.91. The molecule has 1 heterocycles. The van der Waals surface area contributed by atoms with E-state index in [2.05, 4.69) is 106 Å². The van der Waals surface area contributed by atoms with Gasteiger partial charge in [-0.15, -0.1) is 0 Å². The van der Waals surface area contributed by atoms with Gasteiger partial charge >= 0.3 is 0 Å². The largest absolute Gasteiger partial charge is 0.243 e. The Balaban J connectivity index is 1.48. The van der Waals surface area contributed by atoms with Gasteiger partial charge in [0.2, 0.25) is 0 Å². The maximum atomic E-state index is 3.34. The van der Waals surface area contributed by atoms with Crippen LogP contribution in [0.4, 0.5) is 0 Å². The topological polar surface area (TPSA) is 3.24 Å². The summed E-state index contributed by atoms with van der Waals surface area (Å²) in [5.41, 5.74) is 5.48. The number of nitrogens with zero attached hydrogens (tertiary/aromatic N) is 1. The fourth-order valence-electron chi connectivity index (χ4n) is 3.60. The molecule has 0 radical (unpaired) electrons. The highest BCUT2D eigenvalue weighted by molar-refractivity contribution is 14.1. The molecule has 0 fully saturated rings. The third-order valence-corrected chi connectivity index (χ3v) is 6.06. The lowest BCUT2D eigenvalue weighted by molar-refractivity contribution is 0.557. The summed E-state index contributed by atoms with van der Waals surface area (Å²) in [6.07, 6.45) is 4.49. The van der Waals surface area contributed by atoms with E-state index in [1.807, 2.05) is 0 Å². The number of halogens is 1. The molecule has 130 valence electrons. The van der Waals surface area contributed by atoms with Crippen molar-refractivity contribution in [3.05, 3.63) is 89.5 Å². The van der Waals surface area contributed by atoms with Crippen molar-refractivity contribution in [1.29, 1.82) is 0 Å². The van der Waals surface area contributed by atoms with Crippen molar-refractivity contribution in [2.45, 2.75) is 25.7 Å². The number of hydrogen-bond acceptors (Lipinski definition) is 1. The van der Waals surface area contributed by atoms with E-state index in [0.29, 0.717) is 5.92 Å². The van der Waals surface area contributed by atoms with Crippen LogP contribution in [0.1, 0.15) is 36.0 Å². The fraction of sp³-hybridized carbons (Fsp3) is 0.250. The third-order valence-electron chi connectivity index (χ3n) is 5.18. The van der Waals surface area contributed by atoms with Gasteiger partial charge in [-0.2, -0.15) is 0 Å². The molecule has 2 heteroatoms. The zero-order chi connectivity index (χ0) is 17.9. The van der Waals surface area contributed by atoms with Gasteiger partial charge in [0, 0.05) is 46.9 Å². The molecule has 0 bridgehead atoms. The molecule has 1 aliphatic heterocycles. The first-order valence-electron chi connectivity index (χ1n) is 9.21. The van der Waals surface area contributed by atoms with Gasteiger partial charge in [-0.1, -0.05) is 67.6 Å². The summed E-state index contributed by atoms with van der Waals surface area (Å²) in [6, 6.07) is 26.4. The lowest BCUT2D eigenvalue weighted by Crippen LogP contribution is -2.17. The van der Waals surface area contributed by atoms with Crippen molar-refractivity contribution in [2.75, 3.05) is 13.1 Å². The molecule has 26 heavy (non-hydrogen) atoms. The molecule has 1 nitrogen and oxygen atoms in total. The predicted molar refractivity (Wildman–Crippen MR) is 118 cm³/mol. The number of rotatable bonds is 4. The second-order valence-electron chi connectivity index (χ2n) is 7.08. The Bertz CT molecular complexity index is 926. The Morgan fingerprint density at radius 2 is 1.88 bits per heavy atom. The maximum absolute atomic E-state index is 3.34. The minimum Gasteiger partial charge on any atom is -0.243 e. The van der Waals surface area contributed by atoms with Crippen molar-refractivity contribution in [3.63, 3.8) is 0 Å². The van der Waals surface area contributed by atoms with Gasteiger partial charge in [0.25, 0.3) is 0 Å². The average molecular weight is 451 g/mol. The van der Waals surface area contributed by atoms with Crippen LogP contribution in [-0.2, 0) is 6.42 Å². The van der Waals surface area contributed by atoms with E-state index in [4.69, 9.17) is 0 Å². The van der Waals surface area contributed by atoms with E-state index in [9.17, 15) is 0 Å². The van der Waals surface area contributed by atoms with Crippen LogP contribution in [0.2, 0.25) is 0 Å². The molecule has 1 aliphatic rings. The molecule has 1 atom stereocenters. The van der Waals surface area contributed by atoms with Crippen LogP contribution >= 0.6 is 22.9 Å². The molecule has 0 aliphatic carbocycles. The van der Waals surface area contributed by atoms with Gasteiger partial charge in [-0.05, 0) is 53.0 Å². The molecule has 3 aromatic rings. The van der Waals surface area contributed by atoms with Gasteiger partial charge in [0.15, 0.2) is 0 Å². The summed E-state index contributed by atoms with van der Waals surface area (Å²) >= 11 is 2.40. The van der Waals surface area contributed by atoms with Crippen molar-refractivity contribution < 1.29 is 0 Å². The molecular weight excluding hydrogens is 429 g/mol. The standard InChI is InChI=1S/C24H22IN/c1-18(16-19-6-7-21-4-2-3-5-24(21)17-19)20-8-10-22(11-9-20)23-12-14-26(25)15-13-23/h2-5,8-12,17-18H,13-16H2,1H3/t18-/m0/s1. The van der Waals surface area contributed by atoms with Crippen LogP contribution in [0.15, 0.2) is 60.7 Å². The van der Waals surface area contributed by atoms with Crippen LogP contribution in [0.25, 0.3) is 16.3 Å². The summed E-state index contributed by atoms with van der Waals surface area (Å²) in [7, 11) is 0. The SMILES string of the molecule is C[C@@H](Cc1c#cc2ccccc2c1)c1ccc(C2=CCN(I)CC2)cc1. The Labute approximate surface area is 170 Å². The highest BCUT2D eigenvalue weighted by Gasteiger charge is 2.12. The molecule has 3 aromatic carbocycles. The quantitative estimate of drug-likeness (QED) is 0.336. The van der Waals surface area contributed by atoms with Gasteiger partial charge in [-0.3, -0.25) is 0 Å². The molecule has 0 aromatic heterocycles. The molecule has 4 rings (SSSR count). The van der Waals surface area contributed by atoms with E-state index in [0.717, 1.165) is 31.3 Å². The van der Waals surface area contributed by atoms with Crippen LogP contribution in [0.5, 0.6) is 0 Å². The van der Waals surface area contributed by atoms with Crippen molar-refractivity contribution in [3.8, 4) is 0 Å². The van der Waals surface area contributed by atoms with E-state index >= 15 is 0 Å². The van der Waals surface area contributed by atoms with Crippen molar-refractivity contribution in [2.24, 2.45) is 0 Å². The average Bonchev–Trinajstić information content (AvgIpc) is 2.68. The summed E-state index contributed by atoms with van der Waals surface area (Å²) < 4.78 is 2.33. The van der Waals surface area contributed by atoms with E-state index in [-0.39, 0.29) is 0 Å². The van der Waals surface area contributed by atoms with E-state index < -0.39 is 0 Å². The Morgan fingerprint density at radius 3 is 2.65 bits per heavy atom. The van der Waals surface area contributed by atoms with Gasteiger partial charge in [0.05, 0.1) is 0 Å². The summed E-state index contributed by atoms with van der Waals surface area (Å²) in [4.78, 5) is 0. The molecule has 0 N–H and O–H groups in total. The first-order valence-corrected chi connectivity index (χ1v) is 10.2. The monoisotopic (exact) mass is 451 g/mol. The number of fused-ring (bicyclic) bond motifs is 1. The zero-order valence-corrected chi connectivity index (χ0v) is 17.2.